The van der Waals surface area contributed by atoms with Gasteiger partial charge in [-0.05, 0) is 77.0 Å². The topological polar surface area (TPSA) is 32.5 Å². The maximum Gasteiger partial charge on any atom is 0.00795 e. The standard InChI is InChI=1S/C16H33N3/c1-13-4-5-16(17)15(10-13)12-19-8-6-14(7-9-19)11-18(2)3/h13-16H,4-12,17H2,1-3H3. The third kappa shape index (κ3) is 4.73. The molecule has 2 rings (SSSR count). The number of nitrogens with two attached hydrogens (primary N) is 1. The number of hydrogen-bond donors (Lipinski definition) is 1. The molecule has 2 fully saturated rings. The van der Waals surface area contributed by atoms with Crippen molar-refractivity contribution in [3.8, 4) is 0 Å². The molecule has 0 radical (unpaired) electrons. The lowest BCUT2D eigenvalue weighted by Gasteiger charge is -2.39. The minimum absolute atomic E-state index is 0.454. The average Bonchev–Trinajstić information content (AvgIpc) is 2.35. The molecule has 3 unspecified atom stereocenters. The quantitative estimate of drug-likeness (QED) is 0.846. The molecule has 2 aliphatic rings. The van der Waals surface area contributed by atoms with E-state index in [-0.39, 0.29) is 0 Å². The van der Waals surface area contributed by atoms with Gasteiger partial charge in [0.1, 0.15) is 0 Å². The zero-order chi connectivity index (χ0) is 13.8. The molecule has 2 N–H and O–H groups in total. The van der Waals surface area contributed by atoms with E-state index in [1.54, 1.807) is 0 Å². The van der Waals surface area contributed by atoms with Gasteiger partial charge >= 0.3 is 0 Å². The van der Waals surface area contributed by atoms with Crippen molar-refractivity contribution < 1.29 is 0 Å². The van der Waals surface area contributed by atoms with Crippen molar-refractivity contribution in [2.24, 2.45) is 23.5 Å². The van der Waals surface area contributed by atoms with Crippen LogP contribution in [0.2, 0.25) is 0 Å². The number of nitrogens with zero attached hydrogens (tertiary/aromatic N) is 2. The summed E-state index contributed by atoms with van der Waals surface area (Å²) in [5, 5.41) is 0. The second-order valence-corrected chi connectivity index (χ2v) is 7.35. The Balaban J connectivity index is 1.72. The van der Waals surface area contributed by atoms with Gasteiger partial charge in [0.2, 0.25) is 0 Å². The minimum Gasteiger partial charge on any atom is -0.327 e. The van der Waals surface area contributed by atoms with Gasteiger partial charge in [-0.25, -0.2) is 0 Å². The summed E-state index contributed by atoms with van der Waals surface area (Å²) in [5.41, 5.74) is 6.32. The number of hydrogen-bond acceptors (Lipinski definition) is 3. The smallest absolute Gasteiger partial charge is 0.00795 e. The fourth-order valence-corrected chi connectivity index (χ4v) is 3.93. The maximum atomic E-state index is 6.32. The Morgan fingerprint density at radius 2 is 1.79 bits per heavy atom. The van der Waals surface area contributed by atoms with E-state index in [1.807, 2.05) is 0 Å². The van der Waals surface area contributed by atoms with Crippen molar-refractivity contribution in [1.82, 2.24) is 9.80 Å². The Kier molecular flexibility index (Phi) is 5.67. The van der Waals surface area contributed by atoms with Gasteiger partial charge < -0.3 is 15.5 Å². The average molecular weight is 267 g/mol. The van der Waals surface area contributed by atoms with Crippen LogP contribution in [-0.2, 0) is 0 Å². The molecule has 19 heavy (non-hydrogen) atoms. The first kappa shape index (κ1) is 15.3. The molecule has 1 saturated carbocycles. The Morgan fingerprint density at radius 3 is 2.42 bits per heavy atom. The van der Waals surface area contributed by atoms with Crippen molar-refractivity contribution >= 4 is 0 Å². The highest BCUT2D eigenvalue weighted by Gasteiger charge is 2.29. The third-order valence-corrected chi connectivity index (χ3v) is 5.13. The second-order valence-electron chi connectivity index (χ2n) is 7.35. The van der Waals surface area contributed by atoms with E-state index in [2.05, 4.69) is 30.8 Å². The van der Waals surface area contributed by atoms with Crippen LogP contribution >= 0.6 is 0 Å². The van der Waals surface area contributed by atoms with Gasteiger partial charge in [-0.3, -0.25) is 0 Å². The Hall–Kier alpha value is -0.120. The molecular formula is C16H33N3. The monoisotopic (exact) mass is 267 g/mol. The molecule has 3 atom stereocenters. The number of rotatable bonds is 4. The van der Waals surface area contributed by atoms with Crippen LogP contribution in [0.5, 0.6) is 0 Å². The van der Waals surface area contributed by atoms with E-state index in [0.29, 0.717) is 6.04 Å². The summed E-state index contributed by atoms with van der Waals surface area (Å²) >= 11 is 0. The zero-order valence-corrected chi connectivity index (χ0v) is 13.1. The Morgan fingerprint density at radius 1 is 1.11 bits per heavy atom. The van der Waals surface area contributed by atoms with Gasteiger partial charge in [0, 0.05) is 19.1 Å². The SMILES string of the molecule is CC1CCC(N)C(CN2CCC(CN(C)C)CC2)C1. The fourth-order valence-electron chi connectivity index (χ4n) is 3.93. The zero-order valence-electron chi connectivity index (χ0n) is 13.1. The highest BCUT2D eigenvalue weighted by molar-refractivity contribution is 4.84. The van der Waals surface area contributed by atoms with Crippen molar-refractivity contribution in [1.29, 1.82) is 0 Å². The van der Waals surface area contributed by atoms with E-state index in [1.165, 1.54) is 58.3 Å². The van der Waals surface area contributed by atoms with Crippen LogP contribution in [0.25, 0.3) is 0 Å². The molecule has 0 amide bonds. The Bertz CT molecular complexity index is 259. The van der Waals surface area contributed by atoms with E-state index < -0.39 is 0 Å². The van der Waals surface area contributed by atoms with Crippen LogP contribution in [0, 0.1) is 17.8 Å². The molecule has 0 spiro atoms. The van der Waals surface area contributed by atoms with Crippen LogP contribution in [0.4, 0.5) is 0 Å². The van der Waals surface area contributed by atoms with Crippen LogP contribution in [0.1, 0.15) is 39.0 Å². The summed E-state index contributed by atoms with van der Waals surface area (Å²) in [4.78, 5) is 5.01. The third-order valence-electron chi connectivity index (χ3n) is 5.13. The lowest BCUT2D eigenvalue weighted by molar-refractivity contribution is 0.116. The highest BCUT2D eigenvalue weighted by Crippen LogP contribution is 2.29. The number of piperidine rings is 1. The van der Waals surface area contributed by atoms with Crippen LogP contribution in [0.3, 0.4) is 0 Å². The van der Waals surface area contributed by atoms with Crippen molar-refractivity contribution in [2.75, 3.05) is 40.3 Å². The normalized spacial score (nSPS) is 34.9. The highest BCUT2D eigenvalue weighted by atomic mass is 15.1. The minimum atomic E-state index is 0.454. The molecular weight excluding hydrogens is 234 g/mol. The van der Waals surface area contributed by atoms with Crippen LogP contribution in [-0.4, -0.2) is 56.1 Å². The van der Waals surface area contributed by atoms with E-state index in [4.69, 9.17) is 5.73 Å². The summed E-state index contributed by atoms with van der Waals surface area (Å²) in [6.45, 7) is 7.47. The molecule has 1 heterocycles. The summed E-state index contributed by atoms with van der Waals surface area (Å²) in [5.74, 6) is 2.54. The van der Waals surface area contributed by atoms with E-state index in [9.17, 15) is 0 Å². The van der Waals surface area contributed by atoms with Gasteiger partial charge in [0.05, 0.1) is 0 Å². The molecule has 112 valence electrons. The van der Waals surface area contributed by atoms with Crippen molar-refractivity contribution in [3.63, 3.8) is 0 Å². The van der Waals surface area contributed by atoms with Gasteiger partial charge in [-0.2, -0.15) is 0 Å². The second kappa shape index (κ2) is 7.05. The van der Waals surface area contributed by atoms with Gasteiger partial charge in [0.25, 0.3) is 0 Å². The summed E-state index contributed by atoms with van der Waals surface area (Å²) < 4.78 is 0. The van der Waals surface area contributed by atoms with E-state index in [0.717, 1.165) is 17.8 Å². The van der Waals surface area contributed by atoms with Crippen LogP contribution in [0.15, 0.2) is 0 Å². The van der Waals surface area contributed by atoms with Crippen molar-refractivity contribution in [2.45, 2.75) is 45.1 Å². The molecule has 1 saturated heterocycles. The fraction of sp³-hybridized carbons (Fsp3) is 1.00. The van der Waals surface area contributed by atoms with Gasteiger partial charge in [-0.1, -0.05) is 6.92 Å². The molecule has 0 bridgehead atoms. The number of likely N-dealkylation sites (tertiary alicyclic amines) is 1. The first-order valence-corrected chi connectivity index (χ1v) is 8.17. The molecule has 1 aliphatic heterocycles. The van der Waals surface area contributed by atoms with Crippen LogP contribution < -0.4 is 5.73 Å². The lowest BCUT2D eigenvalue weighted by atomic mass is 9.78. The predicted octanol–water partition coefficient (Wildman–Crippen LogP) is 2.02. The Labute approximate surface area is 119 Å². The molecule has 3 nitrogen and oxygen atoms in total. The summed E-state index contributed by atoms with van der Waals surface area (Å²) in [6, 6.07) is 0.454. The van der Waals surface area contributed by atoms with Crippen molar-refractivity contribution in [3.05, 3.63) is 0 Å². The molecule has 0 aromatic rings. The molecule has 0 aromatic heterocycles. The largest absolute Gasteiger partial charge is 0.327 e. The maximum absolute atomic E-state index is 6.32. The lowest BCUT2D eigenvalue weighted by Crippen LogP contribution is -2.45. The summed E-state index contributed by atoms with van der Waals surface area (Å²) in [6.07, 6.45) is 6.66. The van der Waals surface area contributed by atoms with E-state index >= 15 is 0 Å². The molecule has 3 heteroatoms. The molecule has 0 aromatic carbocycles. The van der Waals surface area contributed by atoms with Gasteiger partial charge in [-0.15, -0.1) is 0 Å². The predicted molar refractivity (Wildman–Crippen MR) is 82.2 cm³/mol. The summed E-state index contributed by atoms with van der Waals surface area (Å²) in [7, 11) is 4.38. The molecule has 1 aliphatic carbocycles. The first-order valence-electron chi connectivity index (χ1n) is 8.17. The first-order chi connectivity index (χ1) is 9.04. The van der Waals surface area contributed by atoms with Gasteiger partial charge in [0.15, 0.2) is 0 Å².